The number of likely N-dealkylation sites (tertiary alicyclic amines) is 1. The summed E-state index contributed by atoms with van der Waals surface area (Å²) >= 11 is 0. The van der Waals surface area contributed by atoms with E-state index >= 15 is 0 Å². The van der Waals surface area contributed by atoms with Gasteiger partial charge in [-0.3, -0.25) is 4.79 Å². The van der Waals surface area contributed by atoms with Crippen LogP contribution in [0, 0.1) is 6.92 Å². The summed E-state index contributed by atoms with van der Waals surface area (Å²) in [7, 11) is 1.70. The monoisotopic (exact) mass is 316 g/mol. The Morgan fingerprint density at radius 3 is 2.52 bits per heavy atom. The fraction of sp³-hybridized carbons (Fsp3) is 0.632. The van der Waals surface area contributed by atoms with Gasteiger partial charge in [-0.25, -0.2) is 0 Å². The van der Waals surface area contributed by atoms with Gasteiger partial charge < -0.3 is 15.4 Å². The Hall–Kier alpha value is -1.55. The Bertz CT molecular complexity index is 571. The number of carbonyl (C=O) groups excluding carboxylic acids is 1. The third-order valence-corrected chi connectivity index (χ3v) is 5.65. The number of piperidine rings is 1. The molecule has 1 saturated carbocycles. The van der Waals surface area contributed by atoms with Gasteiger partial charge in [0.05, 0.1) is 12.5 Å². The fourth-order valence-corrected chi connectivity index (χ4v) is 4.13. The number of rotatable bonds is 3. The van der Waals surface area contributed by atoms with Crippen molar-refractivity contribution in [3.63, 3.8) is 0 Å². The van der Waals surface area contributed by atoms with Crippen LogP contribution in [0.15, 0.2) is 18.2 Å². The summed E-state index contributed by atoms with van der Waals surface area (Å²) in [5, 5.41) is 0. The maximum Gasteiger partial charge on any atom is 0.233 e. The number of methoxy groups -OCH3 is 1. The molecule has 1 heterocycles. The Balaban J connectivity index is 1.92. The molecule has 3 rings (SSSR count). The molecule has 0 spiro atoms. The van der Waals surface area contributed by atoms with E-state index in [1.807, 2.05) is 11.8 Å². The number of nitrogens with zero attached hydrogens (tertiary/aromatic N) is 1. The topological polar surface area (TPSA) is 55.6 Å². The molecule has 1 saturated heterocycles. The number of ether oxygens (including phenoxy) is 1. The lowest BCUT2D eigenvalue weighted by Crippen LogP contribution is -2.50. The van der Waals surface area contributed by atoms with Crippen molar-refractivity contribution in [1.82, 2.24) is 4.90 Å². The third kappa shape index (κ3) is 2.97. The van der Waals surface area contributed by atoms with Crippen molar-refractivity contribution < 1.29 is 9.53 Å². The normalized spacial score (nSPS) is 21.4. The molecule has 0 bridgehead atoms. The highest BCUT2D eigenvalue weighted by Gasteiger charge is 2.45. The van der Waals surface area contributed by atoms with E-state index in [0.29, 0.717) is 5.91 Å². The van der Waals surface area contributed by atoms with Crippen LogP contribution in [0.2, 0.25) is 0 Å². The minimum Gasteiger partial charge on any atom is -0.496 e. The van der Waals surface area contributed by atoms with E-state index in [4.69, 9.17) is 10.5 Å². The maximum absolute atomic E-state index is 13.4. The fourth-order valence-electron chi connectivity index (χ4n) is 4.13. The summed E-state index contributed by atoms with van der Waals surface area (Å²) in [4.78, 5) is 15.4. The van der Waals surface area contributed by atoms with Crippen LogP contribution in [0.5, 0.6) is 5.75 Å². The van der Waals surface area contributed by atoms with Crippen LogP contribution in [0.3, 0.4) is 0 Å². The van der Waals surface area contributed by atoms with Crippen LogP contribution in [0.1, 0.15) is 49.7 Å². The van der Waals surface area contributed by atoms with E-state index in [9.17, 15) is 4.79 Å². The Labute approximate surface area is 139 Å². The van der Waals surface area contributed by atoms with Gasteiger partial charge in [0.15, 0.2) is 0 Å². The van der Waals surface area contributed by atoms with E-state index in [-0.39, 0.29) is 11.5 Å². The van der Waals surface area contributed by atoms with E-state index in [1.54, 1.807) is 7.11 Å². The first kappa shape index (κ1) is 16.3. The van der Waals surface area contributed by atoms with Crippen LogP contribution < -0.4 is 10.5 Å². The van der Waals surface area contributed by atoms with E-state index in [2.05, 4.69) is 18.2 Å². The molecule has 0 atom stereocenters. The van der Waals surface area contributed by atoms with Crippen molar-refractivity contribution in [1.29, 1.82) is 0 Å². The van der Waals surface area contributed by atoms with Crippen LogP contribution >= 0.6 is 0 Å². The summed E-state index contributed by atoms with van der Waals surface area (Å²) < 4.78 is 5.49. The summed E-state index contributed by atoms with van der Waals surface area (Å²) in [6.45, 7) is 3.63. The molecule has 1 amide bonds. The second kappa shape index (κ2) is 6.52. The van der Waals surface area contributed by atoms with Gasteiger partial charge in [0.2, 0.25) is 5.91 Å². The molecule has 4 heteroatoms. The standard InChI is InChI=1S/C19H28N2O2/c1-14-5-6-15(13-17(14)23-2)19(9-3-4-10-19)18(22)21-11-7-16(20)8-12-21/h5-6,13,16H,3-4,7-12,20H2,1-2H3. The van der Waals surface area contributed by atoms with Crippen molar-refractivity contribution in [3.8, 4) is 5.75 Å². The molecule has 1 aromatic rings. The van der Waals surface area contributed by atoms with Crippen molar-refractivity contribution in [2.45, 2.75) is 56.9 Å². The Morgan fingerprint density at radius 1 is 1.26 bits per heavy atom. The summed E-state index contributed by atoms with van der Waals surface area (Å²) in [6.07, 6.45) is 5.96. The first-order chi connectivity index (χ1) is 11.1. The van der Waals surface area contributed by atoms with Crippen molar-refractivity contribution in [3.05, 3.63) is 29.3 Å². The van der Waals surface area contributed by atoms with Crippen LogP contribution in [-0.4, -0.2) is 37.0 Å². The van der Waals surface area contributed by atoms with Crippen molar-refractivity contribution in [2.75, 3.05) is 20.2 Å². The average Bonchev–Trinajstić information content (AvgIpc) is 3.06. The highest BCUT2D eigenvalue weighted by atomic mass is 16.5. The summed E-state index contributed by atoms with van der Waals surface area (Å²) in [5.74, 6) is 1.18. The van der Waals surface area contributed by atoms with Crippen LogP contribution in [0.25, 0.3) is 0 Å². The second-order valence-corrected chi connectivity index (χ2v) is 7.10. The predicted molar refractivity (Wildman–Crippen MR) is 91.7 cm³/mol. The number of benzene rings is 1. The largest absolute Gasteiger partial charge is 0.496 e. The van der Waals surface area contributed by atoms with Crippen molar-refractivity contribution >= 4 is 5.91 Å². The second-order valence-electron chi connectivity index (χ2n) is 7.10. The molecule has 0 aromatic heterocycles. The number of aryl methyl sites for hydroxylation is 1. The Morgan fingerprint density at radius 2 is 1.91 bits per heavy atom. The van der Waals surface area contributed by atoms with Crippen LogP contribution in [0.4, 0.5) is 0 Å². The van der Waals surface area contributed by atoms with Gasteiger partial charge in [-0.15, -0.1) is 0 Å². The molecular weight excluding hydrogens is 288 g/mol. The molecule has 4 nitrogen and oxygen atoms in total. The molecular formula is C19H28N2O2. The minimum absolute atomic E-state index is 0.248. The highest BCUT2D eigenvalue weighted by molar-refractivity contribution is 5.89. The van der Waals surface area contributed by atoms with Gasteiger partial charge >= 0.3 is 0 Å². The number of hydrogen-bond acceptors (Lipinski definition) is 3. The molecule has 1 aliphatic carbocycles. The third-order valence-electron chi connectivity index (χ3n) is 5.65. The first-order valence-electron chi connectivity index (χ1n) is 8.77. The number of hydrogen-bond donors (Lipinski definition) is 1. The lowest BCUT2D eigenvalue weighted by atomic mass is 9.76. The lowest BCUT2D eigenvalue weighted by molar-refractivity contribution is -0.138. The minimum atomic E-state index is -0.359. The van der Waals surface area contributed by atoms with Gasteiger partial charge in [-0.05, 0) is 49.8 Å². The molecule has 2 N–H and O–H groups in total. The number of carbonyl (C=O) groups is 1. The molecule has 2 fully saturated rings. The molecule has 1 aliphatic heterocycles. The van der Waals surface area contributed by atoms with Crippen molar-refractivity contribution in [2.24, 2.45) is 5.73 Å². The van der Waals surface area contributed by atoms with Crippen LogP contribution in [-0.2, 0) is 10.2 Å². The smallest absolute Gasteiger partial charge is 0.233 e. The van der Waals surface area contributed by atoms with Gasteiger partial charge in [0.25, 0.3) is 0 Å². The van der Waals surface area contributed by atoms with E-state index in [1.165, 1.54) is 0 Å². The predicted octanol–water partition coefficient (Wildman–Crippen LogP) is 2.77. The first-order valence-corrected chi connectivity index (χ1v) is 8.77. The SMILES string of the molecule is COc1cc(C2(C(=O)N3CCC(N)CC3)CCCC2)ccc1C. The van der Waals surface area contributed by atoms with Gasteiger partial charge in [-0.1, -0.05) is 25.0 Å². The number of nitrogens with two attached hydrogens (primary N) is 1. The Kier molecular flexibility index (Phi) is 4.62. The van der Waals surface area contributed by atoms with Gasteiger partial charge in [0, 0.05) is 19.1 Å². The summed E-state index contributed by atoms with van der Waals surface area (Å²) in [6, 6.07) is 6.52. The van der Waals surface area contributed by atoms with Gasteiger partial charge in [0.1, 0.15) is 5.75 Å². The number of amides is 1. The molecule has 126 valence electrons. The molecule has 1 aromatic carbocycles. The zero-order valence-electron chi connectivity index (χ0n) is 14.3. The van der Waals surface area contributed by atoms with Gasteiger partial charge in [-0.2, -0.15) is 0 Å². The molecule has 0 unspecified atom stereocenters. The van der Waals surface area contributed by atoms with E-state index < -0.39 is 0 Å². The quantitative estimate of drug-likeness (QED) is 0.933. The molecule has 2 aliphatic rings. The molecule has 0 radical (unpaired) electrons. The van der Waals surface area contributed by atoms with E-state index in [0.717, 1.165) is 68.5 Å². The average molecular weight is 316 g/mol. The lowest BCUT2D eigenvalue weighted by Gasteiger charge is -2.38. The molecule has 23 heavy (non-hydrogen) atoms. The zero-order valence-corrected chi connectivity index (χ0v) is 14.3. The zero-order chi connectivity index (χ0) is 16.4. The maximum atomic E-state index is 13.4. The highest BCUT2D eigenvalue weighted by Crippen LogP contribution is 2.44. The summed E-state index contributed by atoms with van der Waals surface area (Å²) in [5.41, 5.74) is 7.87.